The second-order valence-corrected chi connectivity index (χ2v) is 7.30. The Bertz CT molecular complexity index is 779. The zero-order valence-electron chi connectivity index (χ0n) is 11.9. The van der Waals surface area contributed by atoms with Crippen LogP contribution in [0.1, 0.15) is 16.7 Å². The van der Waals surface area contributed by atoms with Crippen LogP contribution in [-0.4, -0.2) is 19.6 Å². The molecule has 0 amide bonds. The van der Waals surface area contributed by atoms with Crippen LogP contribution in [0.3, 0.4) is 0 Å². The highest BCUT2D eigenvalue weighted by atomic mass is 32.2. The Morgan fingerprint density at radius 1 is 1.00 bits per heavy atom. The molecule has 0 unspecified atom stereocenters. The van der Waals surface area contributed by atoms with E-state index in [4.69, 9.17) is 0 Å². The summed E-state index contributed by atoms with van der Waals surface area (Å²) in [5, 5.41) is 0. The van der Waals surface area contributed by atoms with Crippen molar-refractivity contribution >= 4 is 14.7 Å². The van der Waals surface area contributed by atoms with Crippen LogP contribution in [0.5, 0.6) is 0 Å². The van der Waals surface area contributed by atoms with Gasteiger partial charge in [-0.3, -0.25) is 0 Å². The van der Waals surface area contributed by atoms with Gasteiger partial charge in [-0.2, -0.15) is 0 Å². The van der Waals surface area contributed by atoms with Gasteiger partial charge in [0.1, 0.15) is 0 Å². The minimum atomic E-state index is -3.25. The van der Waals surface area contributed by atoms with Gasteiger partial charge in [0.2, 0.25) is 0 Å². The largest absolute Gasteiger partial charge is 0.368 e. The average Bonchev–Trinajstić information content (AvgIpc) is 2.46. The molecule has 0 bridgehead atoms. The molecule has 0 atom stereocenters. The van der Waals surface area contributed by atoms with Crippen molar-refractivity contribution in [1.82, 2.24) is 4.90 Å². The Hall–Kier alpha value is -2.07. The molecule has 0 aliphatic carbocycles. The fraction of sp³-hybridized carbons (Fsp3) is 0.176. The summed E-state index contributed by atoms with van der Waals surface area (Å²) in [5.41, 5.74) is 3.04. The number of hydrogen-bond donors (Lipinski definition) is 0. The summed E-state index contributed by atoms with van der Waals surface area (Å²) < 4.78 is 24.1. The molecule has 2 aromatic carbocycles. The predicted octanol–water partition coefficient (Wildman–Crippen LogP) is 3.05. The zero-order valence-corrected chi connectivity index (χ0v) is 12.7. The first-order valence-electron chi connectivity index (χ1n) is 6.82. The monoisotopic (exact) mass is 299 g/mol. The third-order valence-electron chi connectivity index (χ3n) is 3.58. The van der Waals surface area contributed by atoms with Gasteiger partial charge >= 0.3 is 0 Å². The van der Waals surface area contributed by atoms with Crippen molar-refractivity contribution in [2.24, 2.45) is 0 Å². The van der Waals surface area contributed by atoms with E-state index in [9.17, 15) is 8.42 Å². The van der Waals surface area contributed by atoms with Crippen molar-refractivity contribution in [3.63, 3.8) is 0 Å². The molecule has 0 saturated carbocycles. The fourth-order valence-corrected chi connectivity index (χ4v) is 3.55. The van der Waals surface area contributed by atoms with Crippen molar-refractivity contribution < 1.29 is 8.42 Å². The summed E-state index contributed by atoms with van der Waals surface area (Å²) in [6, 6.07) is 17.8. The zero-order chi connectivity index (χ0) is 14.9. The summed E-state index contributed by atoms with van der Waals surface area (Å²) in [6.45, 7) is 1.43. The van der Waals surface area contributed by atoms with Gasteiger partial charge in [0.25, 0.3) is 0 Å². The molecule has 108 valence electrons. The van der Waals surface area contributed by atoms with E-state index in [0.717, 1.165) is 17.7 Å². The van der Waals surface area contributed by atoms with Gasteiger partial charge in [0.05, 0.1) is 4.91 Å². The van der Waals surface area contributed by atoms with E-state index in [1.54, 1.807) is 6.20 Å². The number of hydrogen-bond acceptors (Lipinski definition) is 3. The Labute approximate surface area is 125 Å². The van der Waals surface area contributed by atoms with E-state index in [1.807, 2.05) is 47.4 Å². The molecule has 1 heterocycles. The summed E-state index contributed by atoms with van der Waals surface area (Å²) in [6.07, 6.45) is 3.03. The summed E-state index contributed by atoms with van der Waals surface area (Å²) in [4.78, 5) is 2.45. The highest BCUT2D eigenvalue weighted by molar-refractivity contribution is 8.00. The number of nitrogens with zero attached hydrogens (tertiary/aromatic N) is 1. The first-order chi connectivity index (χ1) is 10.0. The lowest BCUT2D eigenvalue weighted by Gasteiger charge is -2.28. The van der Waals surface area contributed by atoms with E-state index in [-0.39, 0.29) is 0 Å². The van der Waals surface area contributed by atoms with Crippen molar-refractivity contribution in [1.29, 1.82) is 0 Å². The van der Waals surface area contributed by atoms with E-state index < -0.39 is 9.84 Å². The lowest BCUT2D eigenvalue weighted by atomic mass is 10.0. The van der Waals surface area contributed by atoms with Gasteiger partial charge in [-0.25, -0.2) is 8.42 Å². The first kappa shape index (κ1) is 13.9. The van der Waals surface area contributed by atoms with E-state index in [0.29, 0.717) is 11.4 Å². The van der Waals surface area contributed by atoms with E-state index in [2.05, 4.69) is 12.1 Å². The van der Waals surface area contributed by atoms with Gasteiger partial charge in [0, 0.05) is 25.5 Å². The summed E-state index contributed by atoms with van der Waals surface area (Å²) in [5.74, 6) is 0. The Morgan fingerprint density at radius 2 is 1.67 bits per heavy atom. The van der Waals surface area contributed by atoms with Gasteiger partial charge in [-0.05, 0) is 16.7 Å². The molecule has 0 spiro atoms. The molecule has 4 heteroatoms. The van der Waals surface area contributed by atoms with Crippen LogP contribution in [0.15, 0.2) is 60.8 Å². The average molecular weight is 299 g/mol. The van der Waals surface area contributed by atoms with Crippen LogP contribution in [0, 0.1) is 0 Å². The first-order valence-corrected chi connectivity index (χ1v) is 8.71. The minimum absolute atomic E-state index is 0.403. The van der Waals surface area contributed by atoms with Crippen LogP contribution in [-0.2, 0) is 22.9 Å². The molecule has 1 aliphatic heterocycles. The summed E-state index contributed by atoms with van der Waals surface area (Å²) in [7, 11) is -3.25. The molecule has 0 aromatic heterocycles. The maximum Gasteiger partial charge on any atom is 0.177 e. The molecule has 0 fully saturated rings. The molecule has 0 saturated heterocycles. The normalized spacial score (nSPS) is 14.5. The lowest BCUT2D eigenvalue weighted by Crippen LogP contribution is -2.23. The van der Waals surface area contributed by atoms with Crippen LogP contribution < -0.4 is 0 Å². The second kappa shape index (κ2) is 5.37. The maximum atomic E-state index is 12.1. The number of rotatable bonds is 3. The van der Waals surface area contributed by atoms with Crippen LogP contribution in [0.2, 0.25) is 0 Å². The molecule has 0 radical (unpaired) electrons. The van der Waals surface area contributed by atoms with E-state index in [1.165, 1.54) is 11.8 Å². The molecular weight excluding hydrogens is 282 g/mol. The second-order valence-electron chi connectivity index (χ2n) is 5.31. The van der Waals surface area contributed by atoms with Gasteiger partial charge in [0.15, 0.2) is 9.84 Å². The molecule has 2 aromatic rings. The van der Waals surface area contributed by atoms with Crippen molar-refractivity contribution in [2.45, 2.75) is 13.1 Å². The maximum absolute atomic E-state index is 12.1. The van der Waals surface area contributed by atoms with Crippen LogP contribution in [0.4, 0.5) is 0 Å². The minimum Gasteiger partial charge on any atom is -0.368 e. The molecule has 0 N–H and O–H groups in total. The van der Waals surface area contributed by atoms with Gasteiger partial charge < -0.3 is 4.90 Å². The third kappa shape index (κ3) is 3.00. The molecule has 3 rings (SSSR count). The van der Waals surface area contributed by atoms with Gasteiger partial charge in [-0.1, -0.05) is 54.6 Å². The lowest BCUT2D eigenvalue weighted by molar-refractivity contribution is 0.359. The topological polar surface area (TPSA) is 37.4 Å². The van der Waals surface area contributed by atoms with Crippen LogP contribution in [0.25, 0.3) is 4.91 Å². The van der Waals surface area contributed by atoms with Crippen molar-refractivity contribution in [2.75, 3.05) is 6.26 Å². The molecule has 3 nitrogen and oxygen atoms in total. The highest BCUT2D eigenvalue weighted by Gasteiger charge is 2.23. The van der Waals surface area contributed by atoms with Gasteiger partial charge in [-0.15, -0.1) is 0 Å². The Kier molecular flexibility index (Phi) is 3.55. The fourth-order valence-electron chi connectivity index (χ4n) is 2.61. The Balaban J connectivity index is 1.99. The quantitative estimate of drug-likeness (QED) is 0.874. The SMILES string of the molecule is CS(=O)(=O)C1=CN(Cc2ccccc2)Cc2ccccc21. The standard InChI is InChI=1S/C17H17NO2S/c1-21(19,20)17-13-18(11-14-7-3-2-4-8-14)12-15-9-5-6-10-16(15)17/h2-10,13H,11-12H2,1H3. The number of sulfone groups is 1. The van der Waals surface area contributed by atoms with E-state index >= 15 is 0 Å². The molecular formula is C17H17NO2S. The third-order valence-corrected chi connectivity index (χ3v) is 4.71. The smallest absolute Gasteiger partial charge is 0.177 e. The highest BCUT2D eigenvalue weighted by Crippen LogP contribution is 2.30. The van der Waals surface area contributed by atoms with Crippen LogP contribution >= 0.6 is 0 Å². The number of fused-ring (bicyclic) bond motifs is 1. The Morgan fingerprint density at radius 3 is 2.38 bits per heavy atom. The summed E-state index contributed by atoms with van der Waals surface area (Å²) >= 11 is 0. The number of benzene rings is 2. The molecule has 21 heavy (non-hydrogen) atoms. The predicted molar refractivity (Wildman–Crippen MR) is 85.0 cm³/mol. The van der Waals surface area contributed by atoms with Crippen molar-refractivity contribution in [3.05, 3.63) is 77.5 Å². The molecule has 1 aliphatic rings. The van der Waals surface area contributed by atoms with Crippen molar-refractivity contribution in [3.8, 4) is 0 Å².